The van der Waals surface area contributed by atoms with E-state index in [1.165, 1.54) is 17.0 Å². The first kappa shape index (κ1) is 40.8. The summed E-state index contributed by atoms with van der Waals surface area (Å²) >= 11 is 1.04. The number of nitrogens with zero attached hydrogens (tertiary/aromatic N) is 3. The maximum atomic E-state index is 14.7. The molecular formula is C40H50FN5O9S2. The number of aromatic hydroxyl groups is 1. The van der Waals surface area contributed by atoms with Crippen LogP contribution in [0.1, 0.15) is 88.4 Å². The number of thiazole rings is 1. The molecular weight excluding hydrogens is 778 g/mol. The van der Waals surface area contributed by atoms with Gasteiger partial charge in [-0.25, -0.2) is 17.8 Å². The summed E-state index contributed by atoms with van der Waals surface area (Å²) in [4.78, 5) is 77.5. The van der Waals surface area contributed by atoms with E-state index in [1.54, 1.807) is 10.3 Å². The molecule has 308 valence electrons. The Morgan fingerprint density at radius 2 is 1.88 bits per heavy atom. The van der Waals surface area contributed by atoms with Crippen LogP contribution in [0.25, 0.3) is 11.3 Å². The van der Waals surface area contributed by atoms with E-state index in [0.717, 1.165) is 30.2 Å². The van der Waals surface area contributed by atoms with Crippen molar-refractivity contribution in [2.75, 3.05) is 26.2 Å². The maximum Gasteiger partial charge on any atom is 0.306 e. The summed E-state index contributed by atoms with van der Waals surface area (Å²) in [6.45, 7) is 6.36. The summed E-state index contributed by atoms with van der Waals surface area (Å²) in [5, 5.41) is 13.5. The van der Waals surface area contributed by atoms with Crippen LogP contribution in [0.5, 0.6) is 5.75 Å². The highest BCUT2D eigenvalue weighted by Crippen LogP contribution is 2.47. The number of aromatic nitrogens is 1. The van der Waals surface area contributed by atoms with Gasteiger partial charge < -0.3 is 25.0 Å². The molecule has 0 unspecified atom stereocenters. The van der Waals surface area contributed by atoms with E-state index >= 15 is 0 Å². The molecule has 0 spiro atoms. The minimum Gasteiger partial charge on any atom is -0.508 e. The van der Waals surface area contributed by atoms with Crippen molar-refractivity contribution in [1.82, 2.24) is 24.8 Å². The van der Waals surface area contributed by atoms with E-state index < -0.39 is 74.1 Å². The number of ether oxygens (including phenoxy) is 1. The van der Waals surface area contributed by atoms with Crippen LogP contribution >= 0.6 is 11.3 Å². The predicted molar refractivity (Wildman–Crippen MR) is 207 cm³/mol. The third-order valence-corrected chi connectivity index (χ3v) is 14.3. The number of amides is 4. The Balaban J connectivity index is 1.16. The van der Waals surface area contributed by atoms with Crippen LogP contribution in [0.4, 0.5) is 4.39 Å². The SMILES string of the molecule is CC(C)(C)COC(=O)C[C@H]1CCCCC/C=C\[C@@H]2C[C@@]2(C(=O)NS(=O)(=O)C2CC2)NC(=O)[C@@H]2[C@H]3CN(C(=O)c4nc(-c5ccc(O)cc5F)cs4)C[C@H]3CN2C1=O. The third kappa shape index (κ3) is 8.88. The van der Waals surface area contributed by atoms with Gasteiger partial charge in [-0.3, -0.25) is 28.7 Å². The fourth-order valence-electron chi connectivity index (χ4n) is 8.27. The number of halogens is 1. The highest BCUT2D eigenvalue weighted by molar-refractivity contribution is 7.91. The molecule has 7 rings (SSSR count). The van der Waals surface area contributed by atoms with Gasteiger partial charge in [0.2, 0.25) is 21.8 Å². The van der Waals surface area contributed by atoms with Crippen LogP contribution in [-0.2, 0) is 33.9 Å². The minimum absolute atomic E-state index is 0.0741. The number of esters is 1. The first-order valence-corrected chi connectivity index (χ1v) is 22.1. The van der Waals surface area contributed by atoms with Crippen molar-refractivity contribution in [2.45, 2.75) is 95.4 Å². The summed E-state index contributed by atoms with van der Waals surface area (Å²) in [7, 11) is -3.93. The lowest BCUT2D eigenvalue weighted by molar-refractivity contribution is -0.152. The number of rotatable bonds is 8. The van der Waals surface area contributed by atoms with Crippen molar-refractivity contribution in [2.24, 2.45) is 29.1 Å². The summed E-state index contributed by atoms with van der Waals surface area (Å²) < 4.78 is 48.2. The Labute approximate surface area is 335 Å². The predicted octanol–water partition coefficient (Wildman–Crippen LogP) is 4.15. The lowest BCUT2D eigenvalue weighted by atomic mass is 9.92. The lowest BCUT2D eigenvalue weighted by Crippen LogP contribution is -2.58. The fraction of sp³-hybridized carbons (Fsp3) is 0.600. The Morgan fingerprint density at radius 1 is 1.11 bits per heavy atom. The molecule has 2 aliphatic carbocycles. The van der Waals surface area contributed by atoms with Gasteiger partial charge in [-0.1, -0.05) is 45.8 Å². The largest absolute Gasteiger partial charge is 0.508 e. The molecule has 17 heteroatoms. The number of phenolic OH excluding ortho intramolecular Hbond substituents is 1. The lowest BCUT2D eigenvalue weighted by Gasteiger charge is -2.32. The molecule has 1 aromatic heterocycles. The molecule has 6 atom stereocenters. The first-order chi connectivity index (χ1) is 27.0. The van der Waals surface area contributed by atoms with Crippen molar-refractivity contribution in [3.63, 3.8) is 0 Å². The number of carbonyl (C=O) groups is 5. The van der Waals surface area contributed by atoms with Crippen LogP contribution in [-0.4, -0.2) is 101 Å². The van der Waals surface area contributed by atoms with Gasteiger partial charge in [0.05, 0.1) is 24.0 Å². The summed E-state index contributed by atoms with van der Waals surface area (Å²) in [5.41, 5.74) is -1.48. The molecule has 5 aliphatic rings. The Kier molecular flexibility index (Phi) is 11.3. The van der Waals surface area contributed by atoms with Crippen LogP contribution in [0, 0.1) is 34.9 Å². The molecule has 0 radical (unpaired) electrons. The van der Waals surface area contributed by atoms with E-state index in [-0.39, 0.29) is 78.3 Å². The highest BCUT2D eigenvalue weighted by atomic mass is 32.2. The quantitative estimate of drug-likeness (QED) is 0.257. The van der Waals surface area contributed by atoms with Gasteiger partial charge in [0.25, 0.3) is 11.8 Å². The molecule has 4 heterocycles. The van der Waals surface area contributed by atoms with Gasteiger partial charge in [-0.2, -0.15) is 0 Å². The summed E-state index contributed by atoms with van der Waals surface area (Å²) in [6.07, 6.45) is 8.01. The second-order valence-electron chi connectivity index (χ2n) is 17.4. The number of likely N-dealkylation sites (tertiary alicyclic amines) is 1. The standard InChI is InChI=1S/C40H50FN5O9S2/c1-39(2,3)22-55-32(48)15-23-9-7-5-4-6-8-10-25-17-40(25,38(52)44-57(53,54)27-12-13-27)43-34(49)33-29-20-45(18-24(29)19-46(33)36(23)50)37(51)35-42-31(21-56-35)28-14-11-26(47)16-30(28)41/h8,10-11,14,16,21,23-25,27,29,33,47H,4-7,9,12-13,15,17-20,22H2,1-3H3,(H,43,49)(H,44,52)/b10-8-/t23-,24+,25-,29+,33+,40-/m1/s1. The molecule has 57 heavy (non-hydrogen) atoms. The highest BCUT2D eigenvalue weighted by Gasteiger charge is 2.63. The Hall–Kier alpha value is -4.38. The topological polar surface area (TPSA) is 192 Å². The maximum absolute atomic E-state index is 14.7. The number of fused-ring (bicyclic) bond motifs is 4. The van der Waals surface area contributed by atoms with Gasteiger partial charge in [0.15, 0.2) is 5.01 Å². The number of nitrogens with one attached hydrogen (secondary N) is 2. The van der Waals surface area contributed by atoms with Gasteiger partial charge in [-0.15, -0.1) is 11.3 Å². The minimum atomic E-state index is -3.93. The van der Waals surface area contributed by atoms with Crippen molar-refractivity contribution >= 4 is 51.0 Å². The zero-order chi connectivity index (χ0) is 40.9. The van der Waals surface area contributed by atoms with Crippen LogP contribution in [0.15, 0.2) is 35.7 Å². The zero-order valence-electron chi connectivity index (χ0n) is 32.4. The van der Waals surface area contributed by atoms with Gasteiger partial charge in [0, 0.05) is 60.3 Å². The summed E-state index contributed by atoms with van der Waals surface area (Å²) in [5.74, 6) is -5.85. The summed E-state index contributed by atoms with van der Waals surface area (Å²) in [6, 6.07) is 2.53. The van der Waals surface area contributed by atoms with E-state index in [4.69, 9.17) is 4.74 Å². The molecule has 3 aliphatic heterocycles. The van der Waals surface area contributed by atoms with E-state index in [9.17, 15) is 41.9 Å². The van der Waals surface area contributed by atoms with Gasteiger partial charge in [-0.05, 0) is 56.1 Å². The molecule has 0 bridgehead atoms. The molecule has 2 saturated heterocycles. The van der Waals surface area contributed by atoms with Crippen molar-refractivity contribution < 1.29 is 46.6 Å². The van der Waals surface area contributed by atoms with E-state index in [1.807, 2.05) is 32.9 Å². The van der Waals surface area contributed by atoms with E-state index in [0.29, 0.717) is 32.1 Å². The van der Waals surface area contributed by atoms with Crippen molar-refractivity contribution in [1.29, 1.82) is 0 Å². The first-order valence-electron chi connectivity index (χ1n) is 19.7. The molecule has 4 amide bonds. The number of phenols is 1. The number of hydrogen-bond donors (Lipinski definition) is 3. The number of hydrogen-bond acceptors (Lipinski definition) is 11. The monoisotopic (exact) mass is 827 g/mol. The van der Waals surface area contributed by atoms with E-state index in [2.05, 4.69) is 15.0 Å². The Morgan fingerprint density at radius 3 is 2.60 bits per heavy atom. The van der Waals surface area contributed by atoms with Crippen LogP contribution < -0.4 is 10.0 Å². The average Bonchev–Trinajstić information content (AvgIpc) is 3.96. The normalized spacial score (nSPS) is 28.6. The molecule has 14 nitrogen and oxygen atoms in total. The van der Waals surface area contributed by atoms with Crippen molar-refractivity contribution in [3.05, 3.63) is 46.6 Å². The molecule has 1 aromatic carbocycles. The number of allylic oxidation sites excluding steroid dienone is 1. The van der Waals surface area contributed by atoms with Gasteiger partial charge in [0.1, 0.15) is 23.1 Å². The second-order valence-corrected chi connectivity index (χ2v) is 20.2. The Bertz CT molecular complexity index is 2080. The van der Waals surface area contributed by atoms with Crippen LogP contribution in [0.2, 0.25) is 0 Å². The van der Waals surface area contributed by atoms with Crippen molar-refractivity contribution in [3.8, 4) is 17.0 Å². The number of sulfonamides is 1. The third-order valence-electron chi connectivity index (χ3n) is 11.6. The molecule has 2 aromatic rings. The molecule has 4 fully saturated rings. The second kappa shape index (κ2) is 15.8. The smallest absolute Gasteiger partial charge is 0.306 e. The zero-order valence-corrected chi connectivity index (χ0v) is 34.0. The van der Waals surface area contributed by atoms with Crippen LogP contribution in [0.3, 0.4) is 0 Å². The number of benzene rings is 1. The van der Waals surface area contributed by atoms with Gasteiger partial charge >= 0.3 is 5.97 Å². The molecule has 3 N–H and O–H groups in total. The number of carbonyl (C=O) groups excluding carboxylic acids is 5. The average molecular weight is 828 g/mol. The fourth-order valence-corrected chi connectivity index (χ4v) is 10.4. The molecule has 2 saturated carbocycles.